The van der Waals surface area contributed by atoms with Crippen LogP contribution in [0, 0.1) is 0 Å². The number of carbonyl (C=O) groups excluding carboxylic acids is 1. The van der Waals surface area contributed by atoms with Gasteiger partial charge in [-0.2, -0.15) is 0 Å². The Morgan fingerprint density at radius 3 is 2.37 bits per heavy atom. The molecule has 11 nitrogen and oxygen atoms in total. The van der Waals surface area contributed by atoms with Crippen LogP contribution in [-0.4, -0.2) is 36.1 Å². The van der Waals surface area contributed by atoms with Gasteiger partial charge in [0.2, 0.25) is 5.69 Å². The number of aromatic nitrogens is 2. The number of azide groups is 1. The van der Waals surface area contributed by atoms with Crippen molar-refractivity contribution in [1.29, 1.82) is 0 Å². The quantitative estimate of drug-likeness (QED) is 0.0653. The minimum absolute atomic E-state index is 0.0119. The second kappa shape index (κ2) is 14.1. The molecule has 2 aromatic heterocycles. The molecule has 0 fully saturated rings. The van der Waals surface area contributed by atoms with Crippen LogP contribution in [0.5, 0.6) is 11.5 Å². The lowest BCUT2D eigenvalue weighted by molar-refractivity contribution is 0.0515. The lowest BCUT2D eigenvalue weighted by Gasteiger charge is -2.19. The van der Waals surface area contributed by atoms with Crippen molar-refractivity contribution in [2.75, 3.05) is 19.8 Å². The van der Waals surface area contributed by atoms with Crippen LogP contribution in [0.15, 0.2) is 32.4 Å². The summed E-state index contributed by atoms with van der Waals surface area (Å²) < 4.78 is 28.9. The summed E-state index contributed by atoms with van der Waals surface area (Å²) in [4.78, 5) is 15.6. The maximum atomic E-state index is 12.8. The van der Waals surface area contributed by atoms with Gasteiger partial charge in [-0.15, -0.1) is 0 Å². The Kier molecular flexibility index (Phi) is 10.6. The van der Waals surface area contributed by atoms with Gasteiger partial charge in [0, 0.05) is 17.0 Å². The molecule has 0 bridgehead atoms. The molecule has 0 N–H and O–H groups in total. The number of ether oxygens (including phenoxy) is 3. The van der Waals surface area contributed by atoms with Crippen molar-refractivity contribution in [3.8, 4) is 34.1 Å². The first-order chi connectivity index (χ1) is 18.4. The van der Waals surface area contributed by atoms with Gasteiger partial charge in [0.25, 0.3) is 0 Å². The molecular formula is C27H35N5O6. The van der Waals surface area contributed by atoms with E-state index >= 15 is 0 Å². The van der Waals surface area contributed by atoms with E-state index in [0.717, 1.165) is 37.0 Å². The molecular weight excluding hydrogens is 490 g/mol. The minimum atomic E-state index is -0.664. The van der Waals surface area contributed by atoms with Crippen LogP contribution in [-0.2, 0) is 11.3 Å². The molecule has 0 unspecified atom stereocenters. The first kappa shape index (κ1) is 28.6. The van der Waals surface area contributed by atoms with Crippen molar-refractivity contribution in [1.82, 2.24) is 10.3 Å². The van der Waals surface area contributed by atoms with Crippen molar-refractivity contribution in [3.63, 3.8) is 0 Å². The Morgan fingerprint density at radius 1 is 1.03 bits per heavy atom. The zero-order valence-corrected chi connectivity index (χ0v) is 22.7. The first-order valence-corrected chi connectivity index (χ1v) is 13.0. The highest BCUT2D eigenvalue weighted by Crippen LogP contribution is 2.44. The Morgan fingerprint density at radius 2 is 1.74 bits per heavy atom. The molecule has 0 amide bonds. The third-order valence-corrected chi connectivity index (χ3v) is 5.75. The van der Waals surface area contributed by atoms with Crippen LogP contribution in [0.4, 0.5) is 0 Å². The maximum absolute atomic E-state index is 12.8. The molecule has 0 atom stereocenters. The van der Waals surface area contributed by atoms with Crippen molar-refractivity contribution < 1.29 is 28.1 Å². The molecule has 3 aromatic rings. The van der Waals surface area contributed by atoms with Crippen molar-refractivity contribution >= 4 is 5.97 Å². The zero-order chi connectivity index (χ0) is 27.5. The lowest BCUT2D eigenvalue weighted by Crippen LogP contribution is -2.07. The van der Waals surface area contributed by atoms with E-state index in [-0.39, 0.29) is 41.8 Å². The molecule has 0 radical (unpaired) electrons. The van der Waals surface area contributed by atoms with Gasteiger partial charge in [0.05, 0.1) is 37.6 Å². The third-order valence-electron chi connectivity index (χ3n) is 5.75. The fraction of sp³-hybridized carbons (Fsp3) is 0.519. The fourth-order valence-electron chi connectivity index (χ4n) is 3.75. The minimum Gasteiger partial charge on any atom is -0.493 e. The van der Waals surface area contributed by atoms with Gasteiger partial charge in [-0.1, -0.05) is 56.0 Å². The number of carbonyl (C=O) groups is 1. The van der Waals surface area contributed by atoms with E-state index in [1.165, 1.54) is 0 Å². The highest BCUT2D eigenvalue weighted by molar-refractivity contribution is 5.99. The molecule has 38 heavy (non-hydrogen) atoms. The van der Waals surface area contributed by atoms with Gasteiger partial charge in [0.1, 0.15) is 17.1 Å². The Bertz CT molecular complexity index is 1260. The monoisotopic (exact) mass is 525 g/mol. The predicted octanol–water partition coefficient (Wildman–Crippen LogP) is 7.46. The second-order valence-corrected chi connectivity index (χ2v) is 8.97. The number of benzene rings is 1. The van der Waals surface area contributed by atoms with Crippen LogP contribution >= 0.6 is 0 Å². The molecule has 3 rings (SSSR count). The van der Waals surface area contributed by atoms with Crippen LogP contribution in [0.2, 0.25) is 0 Å². The molecule has 0 aliphatic carbocycles. The normalized spacial score (nSPS) is 10.9. The SMILES string of the molecule is CCCCOc1cc(OCCCC)c(C(C)C)cc1-c1onc(C(=O)OCC)c1-c1cc(CN=[N+]=[N-])no1. The Balaban J connectivity index is 2.22. The average Bonchev–Trinajstić information content (AvgIpc) is 3.55. The van der Waals surface area contributed by atoms with E-state index in [0.29, 0.717) is 30.2 Å². The zero-order valence-electron chi connectivity index (χ0n) is 22.7. The summed E-state index contributed by atoms with van der Waals surface area (Å²) in [6, 6.07) is 5.40. The largest absolute Gasteiger partial charge is 0.493 e. The van der Waals surface area contributed by atoms with Crippen molar-refractivity contribution in [2.45, 2.75) is 72.8 Å². The summed E-state index contributed by atoms with van der Waals surface area (Å²) >= 11 is 0. The van der Waals surface area contributed by atoms with Gasteiger partial charge < -0.3 is 23.3 Å². The third kappa shape index (κ3) is 6.86. The van der Waals surface area contributed by atoms with Gasteiger partial charge in [0.15, 0.2) is 11.5 Å². The summed E-state index contributed by atoms with van der Waals surface area (Å²) in [5.41, 5.74) is 10.8. The number of rotatable bonds is 15. The van der Waals surface area contributed by atoms with Gasteiger partial charge in [-0.05, 0) is 42.8 Å². The summed E-state index contributed by atoms with van der Waals surface area (Å²) in [5, 5.41) is 11.5. The van der Waals surface area contributed by atoms with E-state index in [1.54, 1.807) is 13.0 Å². The number of hydrogen-bond donors (Lipinski definition) is 0. The Hall–Kier alpha value is -3.98. The molecule has 204 valence electrons. The van der Waals surface area contributed by atoms with Crippen LogP contribution in [0.25, 0.3) is 33.1 Å². The molecule has 0 aliphatic rings. The van der Waals surface area contributed by atoms with E-state index in [9.17, 15) is 4.79 Å². The van der Waals surface area contributed by atoms with Crippen LogP contribution in [0.1, 0.15) is 88.0 Å². The van der Waals surface area contributed by atoms with Crippen LogP contribution in [0.3, 0.4) is 0 Å². The summed E-state index contributed by atoms with van der Waals surface area (Å²) in [5.74, 6) is 1.24. The fourth-order valence-corrected chi connectivity index (χ4v) is 3.75. The smallest absolute Gasteiger partial charge is 0.361 e. The highest BCUT2D eigenvalue weighted by atomic mass is 16.5. The first-order valence-electron chi connectivity index (χ1n) is 13.0. The number of nitrogens with zero attached hydrogens (tertiary/aromatic N) is 5. The molecule has 0 aliphatic heterocycles. The molecule has 0 saturated heterocycles. The second-order valence-electron chi connectivity index (χ2n) is 8.97. The summed E-state index contributed by atoms with van der Waals surface area (Å²) in [6.07, 6.45) is 3.78. The van der Waals surface area contributed by atoms with E-state index in [4.69, 9.17) is 28.8 Å². The molecule has 2 heterocycles. The van der Waals surface area contributed by atoms with Crippen molar-refractivity contribution in [2.24, 2.45) is 5.11 Å². The summed E-state index contributed by atoms with van der Waals surface area (Å²) in [7, 11) is 0. The highest BCUT2D eigenvalue weighted by Gasteiger charge is 2.31. The molecule has 1 aromatic carbocycles. The van der Waals surface area contributed by atoms with Crippen LogP contribution < -0.4 is 9.47 Å². The number of esters is 1. The topological polar surface area (TPSA) is 146 Å². The van der Waals surface area contributed by atoms with Gasteiger partial charge in [-0.3, -0.25) is 0 Å². The van der Waals surface area contributed by atoms with E-state index in [2.05, 4.69) is 48.0 Å². The predicted molar refractivity (Wildman–Crippen MR) is 141 cm³/mol. The Labute approximate surface area is 222 Å². The molecule has 11 heteroatoms. The van der Waals surface area contributed by atoms with Crippen molar-refractivity contribution in [3.05, 3.63) is 45.6 Å². The van der Waals surface area contributed by atoms with Gasteiger partial charge >= 0.3 is 5.97 Å². The lowest BCUT2D eigenvalue weighted by atomic mass is 9.95. The number of unbranched alkanes of at least 4 members (excludes halogenated alkanes) is 2. The standard InChI is InChI=1S/C27H35N5O6/c1-6-9-11-35-21-15-22(36-12-10-7-2)20(14-19(21)17(4)5)26-24(25(31-38-26)27(33)34-8-3)23-13-18(30-37-23)16-29-32-28/h13-15,17H,6-12,16H2,1-5H3. The average molecular weight is 526 g/mol. The van der Waals surface area contributed by atoms with E-state index in [1.807, 2.05) is 12.1 Å². The molecule has 0 spiro atoms. The number of hydrogen-bond acceptors (Lipinski definition) is 9. The maximum Gasteiger partial charge on any atom is 0.361 e. The molecule has 0 saturated carbocycles. The summed E-state index contributed by atoms with van der Waals surface area (Å²) in [6.45, 7) is 11.3. The van der Waals surface area contributed by atoms with Gasteiger partial charge in [-0.25, -0.2) is 4.79 Å². The van der Waals surface area contributed by atoms with E-state index < -0.39 is 5.97 Å².